The highest BCUT2D eigenvalue weighted by atomic mass is 16.1. The van der Waals surface area contributed by atoms with Crippen molar-refractivity contribution in [3.63, 3.8) is 0 Å². The molecule has 0 radical (unpaired) electrons. The fraction of sp³-hybridized carbons (Fsp3) is 0.600. The van der Waals surface area contributed by atoms with Crippen LogP contribution in [-0.2, 0) is 9.59 Å². The molecular formula is C20H28O2. The Morgan fingerprint density at radius 1 is 1.27 bits per heavy atom. The first-order valence-electron chi connectivity index (χ1n) is 8.47. The molecule has 2 aliphatic carbocycles. The topological polar surface area (TPSA) is 34.1 Å². The molecule has 0 saturated carbocycles. The number of hydrogen-bond acceptors (Lipinski definition) is 2. The third-order valence-corrected chi connectivity index (χ3v) is 5.14. The van der Waals surface area contributed by atoms with E-state index in [9.17, 15) is 9.59 Å². The summed E-state index contributed by atoms with van der Waals surface area (Å²) in [6, 6.07) is 0. The highest BCUT2D eigenvalue weighted by Gasteiger charge is 2.39. The van der Waals surface area contributed by atoms with E-state index in [-0.39, 0.29) is 23.4 Å². The summed E-state index contributed by atoms with van der Waals surface area (Å²) >= 11 is 0. The second-order valence-electron chi connectivity index (χ2n) is 7.27. The molecule has 120 valence electrons. The summed E-state index contributed by atoms with van der Waals surface area (Å²) < 4.78 is 0. The molecule has 2 unspecified atom stereocenters. The predicted molar refractivity (Wildman–Crippen MR) is 90.5 cm³/mol. The SMILES string of the molecule is CC(C)=CCCC(C)[C@@H]1CCC(C)C2=C1C(=O)C(C)=CC2=O. The number of Topliss-reactive ketones (excluding diaryl/α,β-unsaturated/α-hetero) is 1. The normalized spacial score (nSPS) is 26.5. The predicted octanol–water partition coefficient (Wildman–Crippen LogP) is 4.81. The second-order valence-corrected chi connectivity index (χ2v) is 7.27. The van der Waals surface area contributed by atoms with E-state index in [2.05, 4.69) is 33.8 Å². The van der Waals surface area contributed by atoms with Gasteiger partial charge in [-0.3, -0.25) is 9.59 Å². The number of carbonyl (C=O) groups excluding carboxylic acids is 2. The van der Waals surface area contributed by atoms with Crippen LogP contribution in [0.4, 0.5) is 0 Å². The number of carbonyl (C=O) groups is 2. The zero-order chi connectivity index (χ0) is 16.4. The molecule has 2 nitrogen and oxygen atoms in total. The number of allylic oxidation sites excluding steroid dienone is 6. The molecule has 0 N–H and O–H groups in total. The van der Waals surface area contributed by atoms with Crippen molar-refractivity contribution in [2.45, 2.75) is 60.3 Å². The summed E-state index contributed by atoms with van der Waals surface area (Å²) in [5.41, 5.74) is 3.60. The van der Waals surface area contributed by atoms with Crippen molar-refractivity contribution < 1.29 is 9.59 Å². The largest absolute Gasteiger partial charge is 0.290 e. The molecule has 0 aromatic carbocycles. The van der Waals surface area contributed by atoms with Crippen molar-refractivity contribution in [3.05, 3.63) is 34.4 Å². The van der Waals surface area contributed by atoms with Crippen LogP contribution in [0.25, 0.3) is 0 Å². The third-order valence-electron chi connectivity index (χ3n) is 5.14. The van der Waals surface area contributed by atoms with E-state index in [1.807, 2.05) is 0 Å². The lowest BCUT2D eigenvalue weighted by Gasteiger charge is -2.36. The maximum atomic E-state index is 12.7. The molecule has 2 aliphatic rings. The van der Waals surface area contributed by atoms with Gasteiger partial charge >= 0.3 is 0 Å². The highest BCUT2D eigenvalue weighted by molar-refractivity contribution is 6.23. The summed E-state index contributed by atoms with van der Waals surface area (Å²) in [4.78, 5) is 25.0. The van der Waals surface area contributed by atoms with E-state index in [4.69, 9.17) is 0 Å². The maximum Gasteiger partial charge on any atom is 0.185 e. The summed E-state index contributed by atoms with van der Waals surface area (Å²) in [6.45, 7) is 10.3. The van der Waals surface area contributed by atoms with E-state index in [0.717, 1.165) is 36.8 Å². The van der Waals surface area contributed by atoms with Crippen LogP contribution in [0.1, 0.15) is 60.3 Å². The fourth-order valence-electron chi connectivity index (χ4n) is 3.81. The van der Waals surface area contributed by atoms with Gasteiger partial charge in [0, 0.05) is 16.7 Å². The molecule has 0 bridgehead atoms. The molecule has 3 atom stereocenters. The number of rotatable bonds is 4. The third kappa shape index (κ3) is 3.31. The zero-order valence-corrected chi connectivity index (χ0v) is 14.5. The standard InChI is InChI=1S/C20H28O2/c1-12(2)7-6-8-13(3)16-10-9-14(4)18-17(21)11-15(5)20(22)19(16)18/h7,11,13-14,16H,6,8-10H2,1-5H3/t13?,14?,16-/m0/s1. The van der Waals surface area contributed by atoms with E-state index in [0.29, 0.717) is 11.5 Å². The first-order valence-corrected chi connectivity index (χ1v) is 8.47. The Hall–Kier alpha value is -1.44. The summed E-state index contributed by atoms with van der Waals surface area (Å²) in [5.74, 6) is 1.09. The van der Waals surface area contributed by atoms with Crippen molar-refractivity contribution in [2.75, 3.05) is 0 Å². The molecule has 0 fully saturated rings. The monoisotopic (exact) mass is 300 g/mol. The van der Waals surface area contributed by atoms with Crippen molar-refractivity contribution in [2.24, 2.45) is 17.8 Å². The van der Waals surface area contributed by atoms with Crippen LogP contribution < -0.4 is 0 Å². The smallest absolute Gasteiger partial charge is 0.185 e. The Morgan fingerprint density at radius 3 is 2.59 bits per heavy atom. The molecule has 0 aromatic heterocycles. The van der Waals surface area contributed by atoms with Gasteiger partial charge in [0.1, 0.15) is 0 Å². The highest BCUT2D eigenvalue weighted by Crippen LogP contribution is 2.43. The average Bonchev–Trinajstić information content (AvgIpc) is 2.43. The van der Waals surface area contributed by atoms with Crippen LogP contribution in [0.3, 0.4) is 0 Å². The Balaban J connectivity index is 2.27. The van der Waals surface area contributed by atoms with Crippen LogP contribution in [0.15, 0.2) is 34.4 Å². The molecule has 0 heterocycles. The number of hydrogen-bond donors (Lipinski definition) is 0. The molecule has 0 aliphatic heterocycles. The Bertz CT molecular complexity index is 571. The lowest BCUT2D eigenvalue weighted by Crippen LogP contribution is -2.33. The van der Waals surface area contributed by atoms with E-state index >= 15 is 0 Å². The van der Waals surface area contributed by atoms with Gasteiger partial charge in [-0.05, 0) is 70.3 Å². The average molecular weight is 300 g/mol. The molecule has 2 rings (SSSR count). The second kappa shape index (κ2) is 6.76. The zero-order valence-electron chi connectivity index (χ0n) is 14.5. The molecule has 0 amide bonds. The minimum absolute atomic E-state index is 0.0702. The Kier molecular flexibility index (Phi) is 5.20. The van der Waals surface area contributed by atoms with Crippen molar-refractivity contribution in [3.8, 4) is 0 Å². The van der Waals surface area contributed by atoms with Gasteiger partial charge in [0.2, 0.25) is 0 Å². The van der Waals surface area contributed by atoms with Gasteiger partial charge in [-0.15, -0.1) is 0 Å². The summed E-state index contributed by atoms with van der Waals surface area (Å²) in [7, 11) is 0. The molecule has 0 spiro atoms. The maximum absolute atomic E-state index is 12.7. The molecule has 0 aromatic rings. The van der Waals surface area contributed by atoms with E-state index in [1.165, 1.54) is 11.6 Å². The Morgan fingerprint density at radius 2 is 1.95 bits per heavy atom. The van der Waals surface area contributed by atoms with E-state index < -0.39 is 0 Å². The van der Waals surface area contributed by atoms with Crippen LogP contribution in [-0.4, -0.2) is 11.6 Å². The first-order chi connectivity index (χ1) is 10.3. The molecule has 22 heavy (non-hydrogen) atoms. The van der Waals surface area contributed by atoms with E-state index in [1.54, 1.807) is 6.92 Å². The fourth-order valence-corrected chi connectivity index (χ4v) is 3.81. The van der Waals surface area contributed by atoms with Gasteiger partial charge in [-0.25, -0.2) is 0 Å². The number of ketones is 2. The van der Waals surface area contributed by atoms with Crippen LogP contribution in [0.5, 0.6) is 0 Å². The van der Waals surface area contributed by atoms with Crippen molar-refractivity contribution >= 4 is 11.6 Å². The van der Waals surface area contributed by atoms with Crippen LogP contribution in [0.2, 0.25) is 0 Å². The minimum atomic E-state index is 0.0702. The van der Waals surface area contributed by atoms with Gasteiger partial charge in [-0.1, -0.05) is 25.5 Å². The van der Waals surface area contributed by atoms with Crippen LogP contribution in [0, 0.1) is 17.8 Å². The lowest BCUT2D eigenvalue weighted by molar-refractivity contribution is -0.117. The molecule has 2 heteroatoms. The summed E-state index contributed by atoms with van der Waals surface area (Å²) in [6.07, 6.45) is 7.97. The molecule has 0 saturated heterocycles. The van der Waals surface area contributed by atoms with Gasteiger partial charge in [0.25, 0.3) is 0 Å². The summed E-state index contributed by atoms with van der Waals surface area (Å²) in [5, 5.41) is 0. The van der Waals surface area contributed by atoms with Gasteiger partial charge < -0.3 is 0 Å². The minimum Gasteiger partial charge on any atom is -0.290 e. The van der Waals surface area contributed by atoms with Crippen LogP contribution >= 0.6 is 0 Å². The Labute approximate surface area is 134 Å². The van der Waals surface area contributed by atoms with Crippen molar-refractivity contribution in [1.29, 1.82) is 0 Å². The van der Waals surface area contributed by atoms with Gasteiger partial charge in [0.05, 0.1) is 0 Å². The van der Waals surface area contributed by atoms with Gasteiger partial charge in [0.15, 0.2) is 11.6 Å². The first kappa shape index (κ1) is 16.9. The van der Waals surface area contributed by atoms with Gasteiger partial charge in [-0.2, -0.15) is 0 Å². The quantitative estimate of drug-likeness (QED) is 0.551. The van der Waals surface area contributed by atoms with Crippen molar-refractivity contribution in [1.82, 2.24) is 0 Å². The molecular weight excluding hydrogens is 272 g/mol. The lowest BCUT2D eigenvalue weighted by atomic mass is 9.67.